The number of nitrogens with one attached hydrogen (secondary N) is 1. The number of amides is 1. The minimum absolute atomic E-state index is 0.105. The van der Waals surface area contributed by atoms with Crippen molar-refractivity contribution >= 4 is 11.9 Å². The van der Waals surface area contributed by atoms with Gasteiger partial charge in [0.05, 0.1) is 27.4 Å². The van der Waals surface area contributed by atoms with Crippen molar-refractivity contribution in [1.82, 2.24) is 15.3 Å². The molecule has 4 rings (SSSR count). The second kappa shape index (κ2) is 12.0. The van der Waals surface area contributed by atoms with Crippen LogP contribution in [0, 0.1) is 0 Å². The zero-order valence-corrected chi connectivity index (χ0v) is 21.5. The summed E-state index contributed by atoms with van der Waals surface area (Å²) in [6.45, 7) is 0. The third-order valence-electron chi connectivity index (χ3n) is 6.04. The van der Waals surface area contributed by atoms with Crippen molar-refractivity contribution in [3.8, 4) is 23.5 Å². The van der Waals surface area contributed by atoms with Gasteiger partial charge in [-0.25, -0.2) is 4.79 Å². The summed E-state index contributed by atoms with van der Waals surface area (Å²) in [5, 5.41) is 13.6. The Kier molecular flexibility index (Phi) is 8.25. The van der Waals surface area contributed by atoms with Gasteiger partial charge in [0.1, 0.15) is 11.3 Å². The van der Waals surface area contributed by atoms with Crippen LogP contribution >= 0.6 is 0 Å². The number of ether oxygens (including phenoxy) is 4. The van der Waals surface area contributed by atoms with Gasteiger partial charge in [-0.05, 0) is 35.4 Å². The van der Waals surface area contributed by atoms with Gasteiger partial charge in [-0.1, -0.05) is 60.7 Å². The summed E-state index contributed by atoms with van der Waals surface area (Å²) in [5.74, 6) is -1.13. The van der Waals surface area contributed by atoms with Crippen molar-refractivity contribution < 1.29 is 33.6 Å². The lowest BCUT2D eigenvalue weighted by atomic mass is 9.77. The number of aromatic nitrogens is 2. The molecule has 4 aromatic rings. The van der Waals surface area contributed by atoms with Crippen LogP contribution in [0.15, 0.2) is 91.0 Å². The number of carbonyl (C=O) groups is 2. The van der Waals surface area contributed by atoms with Crippen molar-refractivity contribution in [1.29, 1.82) is 0 Å². The van der Waals surface area contributed by atoms with E-state index < -0.39 is 23.5 Å². The SMILES string of the molecule is COc1ccc(C(=O)NC(c2ccccc2)(c2ccccc2)C(Oc2nc(OC)cc(OC)n2)C(=O)O)cc1. The minimum atomic E-state index is -1.73. The van der Waals surface area contributed by atoms with Gasteiger partial charge in [0.15, 0.2) is 0 Å². The first-order valence-corrected chi connectivity index (χ1v) is 11.9. The molecule has 39 heavy (non-hydrogen) atoms. The Balaban J connectivity index is 1.92. The summed E-state index contributed by atoms with van der Waals surface area (Å²) < 4.78 is 21.6. The summed E-state index contributed by atoms with van der Waals surface area (Å²) in [4.78, 5) is 35.0. The third kappa shape index (κ3) is 5.74. The van der Waals surface area contributed by atoms with Crippen LogP contribution in [-0.4, -0.2) is 54.4 Å². The first-order chi connectivity index (χ1) is 18.9. The topological polar surface area (TPSA) is 129 Å². The first-order valence-electron chi connectivity index (χ1n) is 11.9. The van der Waals surface area contributed by atoms with Gasteiger partial charge >= 0.3 is 12.0 Å². The van der Waals surface area contributed by atoms with Crippen LogP contribution in [0.5, 0.6) is 23.5 Å². The summed E-state index contributed by atoms with van der Waals surface area (Å²) >= 11 is 0. The molecule has 0 bridgehead atoms. The summed E-state index contributed by atoms with van der Waals surface area (Å²) in [7, 11) is 4.32. The van der Waals surface area contributed by atoms with Crippen LogP contribution < -0.4 is 24.3 Å². The molecule has 10 heteroatoms. The average Bonchev–Trinajstić information content (AvgIpc) is 2.99. The Morgan fingerprint density at radius 2 is 1.28 bits per heavy atom. The number of hydrogen-bond acceptors (Lipinski definition) is 8. The number of carboxylic acid groups (broad SMARTS) is 1. The molecule has 0 aliphatic carbocycles. The number of rotatable bonds is 11. The molecule has 1 unspecified atom stereocenters. The van der Waals surface area contributed by atoms with Crippen LogP contribution in [-0.2, 0) is 10.3 Å². The van der Waals surface area contributed by atoms with Crippen molar-refractivity contribution in [2.24, 2.45) is 0 Å². The molecule has 0 radical (unpaired) electrons. The van der Waals surface area contributed by atoms with Crippen molar-refractivity contribution in [3.63, 3.8) is 0 Å². The molecule has 0 saturated carbocycles. The Morgan fingerprint density at radius 3 is 1.72 bits per heavy atom. The molecule has 0 spiro atoms. The molecule has 2 N–H and O–H groups in total. The lowest BCUT2D eigenvalue weighted by Gasteiger charge is -2.39. The Bertz CT molecular complexity index is 1350. The minimum Gasteiger partial charge on any atom is -0.497 e. The molecular weight excluding hydrogens is 502 g/mol. The van der Waals surface area contributed by atoms with Crippen molar-refractivity contribution in [2.45, 2.75) is 11.6 Å². The van der Waals surface area contributed by atoms with Gasteiger partial charge < -0.3 is 29.4 Å². The molecule has 1 heterocycles. The van der Waals surface area contributed by atoms with Gasteiger partial charge in [0.25, 0.3) is 5.91 Å². The zero-order chi connectivity index (χ0) is 27.8. The van der Waals surface area contributed by atoms with Gasteiger partial charge in [0, 0.05) is 5.56 Å². The molecule has 0 fully saturated rings. The highest BCUT2D eigenvalue weighted by Gasteiger charge is 2.50. The highest BCUT2D eigenvalue weighted by atomic mass is 16.5. The highest BCUT2D eigenvalue weighted by molar-refractivity contribution is 5.96. The quantitative estimate of drug-likeness (QED) is 0.299. The average molecular weight is 530 g/mol. The molecule has 1 atom stereocenters. The lowest BCUT2D eigenvalue weighted by Crippen LogP contribution is -2.60. The van der Waals surface area contributed by atoms with Crippen LogP contribution in [0.2, 0.25) is 0 Å². The van der Waals surface area contributed by atoms with Crippen LogP contribution in [0.1, 0.15) is 21.5 Å². The Morgan fingerprint density at radius 1 is 0.769 bits per heavy atom. The fraction of sp³-hybridized carbons (Fsp3) is 0.172. The fourth-order valence-corrected chi connectivity index (χ4v) is 4.15. The zero-order valence-electron chi connectivity index (χ0n) is 21.5. The number of carboxylic acids is 1. The van der Waals surface area contributed by atoms with E-state index in [0.717, 1.165) is 0 Å². The van der Waals surface area contributed by atoms with E-state index >= 15 is 0 Å². The maximum absolute atomic E-state index is 13.7. The summed E-state index contributed by atoms with van der Waals surface area (Å²) in [6, 6.07) is 25.0. The molecule has 10 nitrogen and oxygen atoms in total. The Hall–Kier alpha value is -5.12. The molecule has 0 aliphatic rings. The monoisotopic (exact) mass is 529 g/mol. The largest absolute Gasteiger partial charge is 0.497 e. The maximum Gasteiger partial charge on any atom is 0.348 e. The molecule has 0 aliphatic heterocycles. The molecule has 0 saturated heterocycles. The van der Waals surface area contributed by atoms with E-state index in [1.54, 1.807) is 84.9 Å². The number of benzene rings is 3. The number of nitrogens with zero attached hydrogens (tertiary/aromatic N) is 2. The van der Waals surface area contributed by atoms with E-state index in [2.05, 4.69) is 15.3 Å². The second-order valence-electron chi connectivity index (χ2n) is 8.29. The fourth-order valence-electron chi connectivity index (χ4n) is 4.15. The standard InChI is InChI=1S/C29H27N3O7/c1-36-22-16-14-19(15-17-22)26(33)32-29(20-10-6-4-7-11-20,21-12-8-5-9-13-21)25(27(34)35)39-28-30-23(37-2)18-24(31-28)38-3/h4-18,25H,1-3H3,(H,32,33)(H,34,35). The number of hydrogen-bond donors (Lipinski definition) is 2. The lowest BCUT2D eigenvalue weighted by molar-refractivity contribution is -0.148. The van der Waals surface area contributed by atoms with Crippen LogP contribution in [0.25, 0.3) is 0 Å². The number of methoxy groups -OCH3 is 3. The van der Waals surface area contributed by atoms with E-state index in [-0.39, 0.29) is 23.3 Å². The van der Waals surface area contributed by atoms with Crippen LogP contribution in [0.4, 0.5) is 0 Å². The second-order valence-corrected chi connectivity index (χ2v) is 8.29. The summed E-state index contributed by atoms with van der Waals surface area (Å²) in [5.41, 5.74) is -0.526. The maximum atomic E-state index is 13.7. The van der Waals surface area contributed by atoms with E-state index in [1.807, 2.05) is 0 Å². The number of aliphatic carboxylic acids is 1. The molecule has 3 aromatic carbocycles. The van der Waals surface area contributed by atoms with Crippen molar-refractivity contribution in [3.05, 3.63) is 108 Å². The van der Waals surface area contributed by atoms with Gasteiger partial charge in [-0.15, -0.1) is 0 Å². The van der Waals surface area contributed by atoms with Gasteiger partial charge in [0.2, 0.25) is 17.9 Å². The highest BCUT2D eigenvalue weighted by Crippen LogP contribution is 2.36. The third-order valence-corrected chi connectivity index (χ3v) is 6.04. The van der Waals surface area contributed by atoms with E-state index in [9.17, 15) is 14.7 Å². The predicted molar refractivity (Wildman–Crippen MR) is 141 cm³/mol. The molecular formula is C29H27N3O7. The first kappa shape index (κ1) is 26.9. The van der Waals surface area contributed by atoms with E-state index in [1.165, 1.54) is 27.4 Å². The normalized spacial score (nSPS) is 11.7. The molecule has 1 aromatic heterocycles. The smallest absolute Gasteiger partial charge is 0.348 e. The van der Waals surface area contributed by atoms with Crippen LogP contribution in [0.3, 0.4) is 0 Å². The Labute approximate surface area is 225 Å². The predicted octanol–water partition coefficient (Wildman–Crippen LogP) is 3.71. The summed E-state index contributed by atoms with van der Waals surface area (Å²) in [6.07, 6.45) is -1.73. The van der Waals surface area contributed by atoms with E-state index in [0.29, 0.717) is 16.9 Å². The van der Waals surface area contributed by atoms with Gasteiger partial charge in [-0.3, -0.25) is 4.79 Å². The van der Waals surface area contributed by atoms with Gasteiger partial charge in [-0.2, -0.15) is 9.97 Å². The van der Waals surface area contributed by atoms with E-state index in [4.69, 9.17) is 18.9 Å². The molecule has 200 valence electrons. The molecule has 1 amide bonds. The number of carbonyl (C=O) groups excluding carboxylic acids is 1. The van der Waals surface area contributed by atoms with Crippen molar-refractivity contribution in [2.75, 3.05) is 21.3 Å².